The van der Waals surface area contributed by atoms with Gasteiger partial charge in [0.15, 0.2) is 6.73 Å². The minimum Gasteiger partial charge on any atom is -0.497 e. The molecule has 34 heavy (non-hydrogen) atoms. The Labute approximate surface area is 198 Å². The minimum atomic E-state index is -0.705. The van der Waals surface area contributed by atoms with Gasteiger partial charge in [0.1, 0.15) is 5.75 Å². The van der Waals surface area contributed by atoms with Crippen molar-refractivity contribution < 1.29 is 33.3 Å². The number of hydrogen-bond donors (Lipinski definition) is 0. The van der Waals surface area contributed by atoms with Gasteiger partial charge in [-0.2, -0.15) is 0 Å². The lowest BCUT2D eigenvalue weighted by Crippen LogP contribution is -2.34. The van der Waals surface area contributed by atoms with Gasteiger partial charge in [-0.25, -0.2) is 14.5 Å². The lowest BCUT2D eigenvalue weighted by molar-refractivity contribution is -0.144. The average molecular weight is 466 g/mol. The third-order valence-corrected chi connectivity index (χ3v) is 5.35. The van der Waals surface area contributed by atoms with Crippen molar-refractivity contribution in [2.24, 2.45) is 0 Å². The molecular formula is C26H27NO7. The summed E-state index contributed by atoms with van der Waals surface area (Å²) < 4.78 is 20.5. The molecule has 0 radical (unpaired) electrons. The first-order valence-electron chi connectivity index (χ1n) is 10.7. The molecule has 8 heteroatoms. The summed E-state index contributed by atoms with van der Waals surface area (Å²) in [6, 6.07) is 17.6. The van der Waals surface area contributed by atoms with Crippen LogP contribution in [0.1, 0.15) is 35.7 Å². The van der Waals surface area contributed by atoms with Crippen molar-refractivity contribution in [2.75, 3.05) is 32.5 Å². The van der Waals surface area contributed by atoms with Crippen LogP contribution in [0, 0.1) is 0 Å². The van der Waals surface area contributed by atoms with Gasteiger partial charge in [-0.1, -0.05) is 24.3 Å². The smallest absolute Gasteiger partial charge is 0.416 e. The van der Waals surface area contributed by atoms with E-state index in [0.717, 1.165) is 27.0 Å². The number of carbonyl (C=O) groups is 3. The van der Waals surface area contributed by atoms with E-state index in [4.69, 9.17) is 18.9 Å². The first kappa shape index (κ1) is 24.6. The van der Waals surface area contributed by atoms with Crippen LogP contribution in [0.4, 0.5) is 10.5 Å². The normalized spacial score (nSPS) is 11.4. The number of hydrogen-bond acceptors (Lipinski definition) is 7. The summed E-state index contributed by atoms with van der Waals surface area (Å²) in [5.41, 5.74) is 1.53. The third-order valence-electron chi connectivity index (χ3n) is 5.35. The van der Waals surface area contributed by atoms with E-state index in [1.165, 1.54) is 19.2 Å². The van der Waals surface area contributed by atoms with Crippen LogP contribution in [0.3, 0.4) is 0 Å². The number of methoxy groups -OCH3 is 2. The summed E-state index contributed by atoms with van der Waals surface area (Å²) in [6.07, 6.45) is -0.705. The summed E-state index contributed by atoms with van der Waals surface area (Å²) in [4.78, 5) is 38.1. The molecule has 3 aromatic rings. The van der Waals surface area contributed by atoms with Gasteiger partial charge in [0.05, 0.1) is 38.0 Å². The zero-order valence-corrected chi connectivity index (χ0v) is 19.6. The van der Waals surface area contributed by atoms with Gasteiger partial charge in [0.25, 0.3) is 0 Å². The summed E-state index contributed by atoms with van der Waals surface area (Å²) >= 11 is 0. The van der Waals surface area contributed by atoms with Crippen molar-refractivity contribution in [1.82, 2.24) is 0 Å². The Morgan fingerprint density at radius 1 is 0.882 bits per heavy atom. The van der Waals surface area contributed by atoms with Crippen molar-refractivity contribution in [2.45, 2.75) is 19.8 Å². The Hall–Kier alpha value is -4.07. The molecule has 0 saturated carbocycles. The molecule has 0 bridgehead atoms. The molecule has 1 amide bonds. The molecule has 3 aromatic carbocycles. The molecular weight excluding hydrogens is 438 g/mol. The number of amides is 1. The number of nitrogens with zero attached hydrogens (tertiary/aromatic N) is 1. The zero-order chi connectivity index (χ0) is 24.7. The number of ether oxygens (including phenoxy) is 4. The molecule has 178 valence electrons. The fourth-order valence-corrected chi connectivity index (χ4v) is 3.36. The van der Waals surface area contributed by atoms with E-state index in [1.54, 1.807) is 33.1 Å². The van der Waals surface area contributed by atoms with E-state index in [-0.39, 0.29) is 13.3 Å². The van der Waals surface area contributed by atoms with Crippen LogP contribution in [0.25, 0.3) is 10.8 Å². The molecule has 3 rings (SSSR count). The van der Waals surface area contributed by atoms with Gasteiger partial charge in [0, 0.05) is 0 Å². The molecule has 0 aliphatic rings. The molecule has 8 nitrogen and oxygen atoms in total. The Bertz CT molecular complexity index is 1170. The SMILES string of the molecule is CCOC(=O)c1ccc(N(COC(=O)[C@@H](C)c2ccc3cc(OC)ccc3c2)C(=O)OC)cc1. The maximum absolute atomic E-state index is 12.8. The van der Waals surface area contributed by atoms with Gasteiger partial charge in [-0.3, -0.25) is 4.79 Å². The molecule has 0 N–H and O–H groups in total. The molecule has 0 saturated heterocycles. The average Bonchev–Trinajstić information content (AvgIpc) is 2.87. The number of fused-ring (bicyclic) bond motifs is 1. The van der Waals surface area contributed by atoms with Crippen LogP contribution in [0.2, 0.25) is 0 Å². The van der Waals surface area contributed by atoms with E-state index in [0.29, 0.717) is 11.3 Å². The standard InChI is InChI=1S/C26H27NO7/c1-5-33-25(29)18-8-11-22(12-9-18)27(26(30)32-4)16-34-24(28)17(2)19-6-7-21-15-23(31-3)13-10-20(21)14-19/h6-15,17H,5,16H2,1-4H3/t17-/m0/s1. The van der Waals surface area contributed by atoms with E-state index < -0.39 is 23.9 Å². The van der Waals surface area contributed by atoms with Gasteiger partial charge in [-0.05, 0) is 66.6 Å². The van der Waals surface area contributed by atoms with Crippen LogP contribution in [-0.2, 0) is 19.0 Å². The van der Waals surface area contributed by atoms with Crippen molar-refractivity contribution >= 4 is 34.5 Å². The number of rotatable bonds is 8. The van der Waals surface area contributed by atoms with Gasteiger partial charge in [-0.15, -0.1) is 0 Å². The lowest BCUT2D eigenvalue weighted by atomic mass is 9.98. The predicted molar refractivity (Wildman–Crippen MR) is 127 cm³/mol. The zero-order valence-electron chi connectivity index (χ0n) is 19.6. The van der Waals surface area contributed by atoms with Gasteiger partial charge < -0.3 is 18.9 Å². The van der Waals surface area contributed by atoms with Crippen LogP contribution >= 0.6 is 0 Å². The molecule has 0 fully saturated rings. The van der Waals surface area contributed by atoms with Gasteiger partial charge >= 0.3 is 18.0 Å². The van der Waals surface area contributed by atoms with Crippen LogP contribution in [0.15, 0.2) is 60.7 Å². The predicted octanol–water partition coefficient (Wildman–Crippen LogP) is 4.90. The largest absolute Gasteiger partial charge is 0.497 e. The number of anilines is 1. The highest BCUT2D eigenvalue weighted by molar-refractivity contribution is 5.92. The minimum absolute atomic E-state index is 0.258. The van der Waals surface area contributed by atoms with Crippen molar-refractivity contribution in [3.05, 3.63) is 71.8 Å². The van der Waals surface area contributed by atoms with E-state index in [1.807, 2.05) is 36.4 Å². The van der Waals surface area contributed by atoms with Crippen molar-refractivity contribution in [3.8, 4) is 5.75 Å². The summed E-state index contributed by atoms with van der Waals surface area (Å²) in [5, 5.41) is 1.96. The molecule has 0 aromatic heterocycles. The highest BCUT2D eigenvalue weighted by Gasteiger charge is 2.22. The summed E-state index contributed by atoms with van der Waals surface area (Å²) in [5.74, 6) is -0.763. The molecule has 0 aliphatic heterocycles. The second-order valence-corrected chi connectivity index (χ2v) is 7.45. The molecule has 1 atom stereocenters. The summed E-state index contributed by atoms with van der Waals surface area (Å²) in [7, 11) is 2.84. The molecule has 0 unspecified atom stereocenters. The quantitative estimate of drug-likeness (QED) is 0.265. The third kappa shape index (κ3) is 5.64. The van der Waals surface area contributed by atoms with Gasteiger partial charge in [0.2, 0.25) is 0 Å². The maximum Gasteiger partial charge on any atom is 0.416 e. The van der Waals surface area contributed by atoms with Crippen molar-refractivity contribution in [3.63, 3.8) is 0 Å². The van der Waals surface area contributed by atoms with Crippen molar-refractivity contribution in [1.29, 1.82) is 0 Å². The number of esters is 2. The highest BCUT2D eigenvalue weighted by atomic mass is 16.6. The monoisotopic (exact) mass is 465 g/mol. The topological polar surface area (TPSA) is 91.4 Å². The van der Waals surface area contributed by atoms with E-state index >= 15 is 0 Å². The van der Waals surface area contributed by atoms with E-state index in [2.05, 4.69) is 0 Å². The second-order valence-electron chi connectivity index (χ2n) is 7.45. The Morgan fingerprint density at radius 2 is 1.56 bits per heavy atom. The van der Waals surface area contributed by atoms with Crippen LogP contribution in [-0.4, -0.2) is 45.6 Å². The Balaban J connectivity index is 1.71. The summed E-state index contributed by atoms with van der Waals surface area (Å²) in [6.45, 7) is 3.37. The number of benzene rings is 3. The Kier molecular flexibility index (Phi) is 8.08. The van der Waals surface area contributed by atoms with Crippen LogP contribution < -0.4 is 9.64 Å². The maximum atomic E-state index is 12.8. The molecule has 0 aliphatic carbocycles. The fourth-order valence-electron chi connectivity index (χ4n) is 3.36. The molecule has 0 spiro atoms. The first-order chi connectivity index (χ1) is 16.4. The van der Waals surface area contributed by atoms with E-state index in [9.17, 15) is 14.4 Å². The van der Waals surface area contributed by atoms with Crippen LogP contribution in [0.5, 0.6) is 5.75 Å². The molecule has 0 heterocycles. The Morgan fingerprint density at radius 3 is 2.21 bits per heavy atom. The highest BCUT2D eigenvalue weighted by Crippen LogP contribution is 2.26. The first-order valence-corrected chi connectivity index (χ1v) is 10.7. The second kappa shape index (κ2) is 11.2. The fraction of sp³-hybridized carbons (Fsp3) is 0.269. The number of carbonyl (C=O) groups excluding carboxylic acids is 3. The lowest BCUT2D eigenvalue weighted by Gasteiger charge is -2.22.